The fraction of sp³-hybridized carbons (Fsp3) is 0.150. The minimum absolute atomic E-state index is 0.0240. The van der Waals surface area contributed by atoms with E-state index in [0.717, 1.165) is 5.69 Å². The van der Waals surface area contributed by atoms with Crippen LogP contribution < -0.4 is 5.73 Å². The van der Waals surface area contributed by atoms with Crippen LogP contribution in [-0.2, 0) is 9.53 Å². The zero-order valence-corrected chi connectivity index (χ0v) is 17.0. The van der Waals surface area contributed by atoms with E-state index in [-0.39, 0.29) is 23.9 Å². The number of anilines is 1. The molecule has 0 aliphatic rings. The highest BCUT2D eigenvalue weighted by atomic mass is 16.5. The van der Waals surface area contributed by atoms with Crippen molar-refractivity contribution in [1.82, 2.24) is 10.2 Å². The van der Waals surface area contributed by atoms with Gasteiger partial charge in [-0.2, -0.15) is 25.7 Å². The maximum absolute atomic E-state index is 11.6. The summed E-state index contributed by atoms with van der Waals surface area (Å²) in [7, 11) is 0. The zero-order chi connectivity index (χ0) is 22.8. The molecule has 1 atom stereocenters. The van der Waals surface area contributed by atoms with Crippen LogP contribution in [0.5, 0.6) is 0 Å². The summed E-state index contributed by atoms with van der Waals surface area (Å²) in [5, 5.41) is 39.3. The van der Waals surface area contributed by atoms with Crippen LogP contribution in [0.3, 0.4) is 0 Å². The van der Waals surface area contributed by atoms with Crippen LogP contribution in [0.25, 0.3) is 0 Å². The van der Waals surface area contributed by atoms with Crippen LogP contribution >= 0.6 is 0 Å². The Kier molecular flexibility index (Phi) is 7.42. The van der Waals surface area contributed by atoms with Crippen molar-refractivity contribution >= 4 is 40.4 Å². The molecule has 160 valence electrons. The van der Waals surface area contributed by atoms with E-state index in [2.05, 4.69) is 40.9 Å². The van der Waals surface area contributed by atoms with Gasteiger partial charge in [0.2, 0.25) is 5.82 Å². The molecule has 0 aliphatic carbocycles. The lowest BCUT2D eigenvalue weighted by molar-refractivity contribution is -0.143. The van der Waals surface area contributed by atoms with Crippen molar-refractivity contribution in [3.63, 3.8) is 0 Å². The number of carbonyl (C=O) groups excluding carboxylic acids is 1. The van der Waals surface area contributed by atoms with Crippen molar-refractivity contribution in [3.8, 4) is 6.07 Å². The van der Waals surface area contributed by atoms with E-state index in [1.807, 2.05) is 30.3 Å². The summed E-state index contributed by atoms with van der Waals surface area (Å²) in [6, 6.07) is 16.5. The van der Waals surface area contributed by atoms with Gasteiger partial charge in [-0.15, -0.1) is 15.3 Å². The number of nitrogens with two attached hydrogens (primary N) is 1. The molecule has 0 radical (unpaired) electrons. The Bertz CT molecular complexity index is 1180. The molecule has 2 aromatic carbocycles. The molecule has 1 aromatic heterocycles. The van der Waals surface area contributed by atoms with Crippen LogP contribution in [0, 0.1) is 11.3 Å². The molecule has 0 amide bonds. The smallest absolute Gasteiger partial charge is 0.347 e. The number of benzene rings is 2. The molecular weight excluding hydrogens is 412 g/mol. The molecule has 1 heterocycles. The van der Waals surface area contributed by atoms with Crippen LogP contribution in [0.15, 0.2) is 85.3 Å². The van der Waals surface area contributed by atoms with Crippen LogP contribution in [0.4, 0.5) is 34.4 Å². The lowest BCUT2D eigenvalue weighted by Gasteiger charge is -2.01. The number of aromatic nitrogens is 2. The summed E-state index contributed by atoms with van der Waals surface area (Å²) in [5.74, 6) is -0.736. The van der Waals surface area contributed by atoms with Gasteiger partial charge in [-0.1, -0.05) is 18.2 Å². The van der Waals surface area contributed by atoms with E-state index < -0.39 is 12.0 Å². The largest absolute Gasteiger partial charge is 0.464 e. The van der Waals surface area contributed by atoms with Gasteiger partial charge in [0.15, 0.2) is 5.69 Å². The first kappa shape index (κ1) is 21.9. The van der Waals surface area contributed by atoms with E-state index in [0.29, 0.717) is 11.4 Å². The Morgan fingerprint density at radius 1 is 1.03 bits per heavy atom. The first-order chi connectivity index (χ1) is 15.6. The average molecular weight is 430 g/mol. The summed E-state index contributed by atoms with van der Waals surface area (Å²) in [5.41, 5.74) is 7.84. The van der Waals surface area contributed by atoms with Gasteiger partial charge >= 0.3 is 5.97 Å². The summed E-state index contributed by atoms with van der Waals surface area (Å²) in [6.45, 7) is 1.74. The molecule has 0 aliphatic heterocycles. The lowest BCUT2D eigenvalue weighted by Crippen LogP contribution is -2.19. The number of nitrogen functional groups attached to an aromatic ring is 1. The molecule has 12 heteroatoms. The maximum atomic E-state index is 11.6. The van der Waals surface area contributed by atoms with Crippen LogP contribution in [-0.4, -0.2) is 28.8 Å². The van der Waals surface area contributed by atoms with E-state index in [1.54, 1.807) is 37.3 Å². The number of ether oxygens (including phenoxy) is 1. The van der Waals surface area contributed by atoms with Crippen molar-refractivity contribution in [2.75, 3.05) is 12.3 Å². The number of aromatic amines is 1. The average Bonchev–Trinajstić information content (AvgIpc) is 3.17. The van der Waals surface area contributed by atoms with Gasteiger partial charge in [0, 0.05) is 0 Å². The summed E-state index contributed by atoms with van der Waals surface area (Å²) in [6.07, 6.45) is 0. The van der Waals surface area contributed by atoms with Crippen LogP contribution in [0.2, 0.25) is 0 Å². The minimum Gasteiger partial charge on any atom is -0.464 e. The van der Waals surface area contributed by atoms with Gasteiger partial charge in [0.05, 0.1) is 23.7 Å². The molecular formula is C20H18N10O2. The fourth-order valence-corrected chi connectivity index (χ4v) is 2.27. The number of hydrogen-bond donors (Lipinski definition) is 2. The Balaban J connectivity index is 1.71. The minimum atomic E-state index is -1.42. The van der Waals surface area contributed by atoms with Gasteiger partial charge in [-0.25, -0.2) is 4.79 Å². The van der Waals surface area contributed by atoms with E-state index in [1.165, 1.54) is 0 Å². The zero-order valence-electron chi connectivity index (χ0n) is 17.0. The molecule has 32 heavy (non-hydrogen) atoms. The normalized spacial score (nSPS) is 12.4. The van der Waals surface area contributed by atoms with Crippen molar-refractivity contribution in [2.45, 2.75) is 13.0 Å². The second-order valence-corrected chi connectivity index (χ2v) is 6.06. The van der Waals surface area contributed by atoms with Crippen LogP contribution in [0.1, 0.15) is 6.92 Å². The van der Waals surface area contributed by atoms with E-state index in [9.17, 15) is 4.79 Å². The third kappa shape index (κ3) is 5.86. The number of nitrogens with zero attached hydrogens (tertiary/aromatic N) is 8. The number of azo groups is 3. The number of rotatable bonds is 8. The highest BCUT2D eigenvalue weighted by Crippen LogP contribution is 2.33. The maximum Gasteiger partial charge on any atom is 0.347 e. The predicted molar refractivity (Wildman–Crippen MR) is 115 cm³/mol. The van der Waals surface area contributed by atoms with Gasteiger partial charge in [0.25, 0.3) is 6.04 Å². The Morgan fingerprint density at radius 2 is 1.62 bits per heavy atom. The molecule has 0 saturated carbocycles. The van der Waals surface area contributed by atoms with E-state index in [4.69, 9.17) is 15.7 Å². The number of H-pyrrole nitrogens is 1. The standard InChI is InChI=1S/C20H18N10O2/c1-2-32-20(31)16(12-21)26-29-19-17(18(22)28-30-19)27-25-15-10-8-14(9-11-15)24-23-13-6-4-3-5-7-13/h3-11,16H,2H2,1H3,(H3,22,28,30). The van der Waals surface area contributed by atoms with Crippen molar-refractivity contribution in [2.24, 2.45) is 30.7 Å². The summed E-state index contributed by atoms with van der Waals surface area (Å²) >= 11 is 0. The highest BCUT2D eigenvalue weighted by molar-refractivity contribution is 5.79. The molecule has 0 saturated heterocycles. The summed E-state index contributed by atoms with van der Waals surface area (Å²) in [4.78, 5) is 11.6. The second-order valence-electron chi connectivity index (χ2n) is 6.06. The Labute approximate surface area is 182 Å². The molecule has 0 spiro atoms. The SMILES string of the molecule is CCOC(=O)C(C#N)N=Nc1n[nH]c(N)c1N=Nc1ccc(N=Nc2ccccc2)cc1. The third-order valence-electron chi connectivity index (χ3n) is 3.80. The highest BCUT2D eigenvalue weighted by Gasteiger charge is 2.19. The Hall–Kier alpha value is -4.79. The topological polar surface area (TPSA) is 179 Å². The number of nitriles is 1. The number of esters is 1. The van der Waals surface area contributed by atoms with Gasteiger partial charge < -0.3 is 10.5 Å². The number of hydrogen-bond acceptors (Lipinski definition) is 11. The summed E-state index contributed by atoms with van der Waals surface area (Å²) < 4.78 is 4.75. The first-order valence-corrected chi connectivity index (χ1v) is 9.40. The molecule has 0 fully saturated rings. The van der Waals surface area contributed by atoms with Crippen molar-refractivity contribution < 1.29 is 9.53 Å². The molecule has 3 rings (SSSR count). The quantitative estimate of drug-likeness (QED) is 0.360. The van der Waals surface area contributed by atoms with Crippen molar-refractivity contribution in [1.29, 1.82) is 5.26 Å². The van der Waals surface area contributed by atoms with Gasteiger partial charge in [0.1, 0.15) is 11.9 Å². The number of nitrogens with one attached hydrogen (secondary N) is 1. The van der Waals surface area contributed by atoms with E-state index >= 15 is 0 Å². The monoisotopic (exact) mass is 430 g/mol. The van der Waals surface area contributed by atoms with Gasteiger partial charge in [-0.3, -0.25) is 5.10 Å². The lowest BCUT2D eigenvalue weighted by atomic mass is 10.3. The second kappa shape index (κ2) is 10.8. The Morgan fingerprint density at radius 3 is 2.22 bits per heavy atom. The van der Waals surface area contributed by atoms with Crippen molar-refractivity contribution in [3.05, 3.63) is 54.6 Å². The third-order valence-corrected chi connectivity index (χ3v) is 3.80. The molecule has 1 unspecified atom stereocenters. The fourth-order valence-electron chi connectivity index (χ4n) is 2.27. The number of carbonyl (C=O) groups is 1. The molecule has 0 bridgehead atoms. The predicted octanol–water partition coefficient (Wildman–Crippen LogP) is 5.36. The van der Waals surface area contributed by atoms with Gasteiger partial charge in [-0.05, 0) is 43.3 Å². The molecule has 3 N–H and O–H groups in total. The molecule has 12 nitrogen and oxygen atoms in total. The first-order valence-electron chi connectivity index (χ1n) is 9.40. The molecule has 3 aromatic rings.